The molecule has 2 rings (SSSR count). The quantitative estimate of drug-likeness (QED) is 0.424. The van der Waals surface area contributed by atoms with E-state index in [0.29, 0.717) is 6.42 Å². The van der Waals surface area contributed by atoms with Gasteiger partial charge in [-0.2, -0.15) is 0 Å². The molecule has 0 amide bonds. The summed E-state index contributed by atoms with van der Waals surface area (Å²) in [6, 6.07) is 13.8. The van der Waals surface area contributed by atoms with Crippen LogP contribution in [-0.4, -0.2) is 51.2 Å². The maximum atomic E-state index is 12.4. The van der Waals surface area contributed by atoms with Crippen LogP contribution in [0.25, 0.3) is 0 Å². The summed E-state index contributed by atoms with van der Waals surface area (Å²) >= 11 is 0. The van der Waals surface area contributed by atoms with Gasteiger partial charge >= 0.3 is 11.9 Å². The first-order valence-electron chi connectivity index (χ1n) is 9.90. The molecule has 2 atom stereocenters. The van der Waals surface area contributed by atoms with E-state index < -0.39 is 34.0 Å². The van der Waals surface area contributed by atoms with Crippen molar-refractivity contribution in [3.05, 3.63) is 65.7 Å². The van der Waals surface area contributed by atoms with Gasteiger partial charge in [0.05, 0.1) is 12.0 Å². The number of rotatable bonds is 12. The molecular formula is C22H28N2O6S. The van der Waals surface area contributed by atoms with Crippen molar-refractivity contribution in [2.75, 3.05) is 13.7 Å². The SMILES string of the molecule is COC(=O)[C@@H](CCNS(=O)(=O)c1ccc(C)cc1)N[C@@H](CCc1ccccc1)C(=O)O. The smallest absolute Gasteiger partial charge is 0.322 e. The first kappa shape index (κ1) is 24.5. The number of benzene rings is 2. The summed E-state index contributed by atoms with van der Waals surface area (Å²) in [5, 5.41) is 12.4. The lowest BCUT2D eigenvalue weighted by molar-refractivity contribution is -0.145. The van der Waals surface area contributed by atoms with E-state index in [1.165, 1.54) is 19.2 Å². The molecule has 0 saturated heterocycles. The molecule has 9 heteroatoms. The Hall–Kier alpha value is -2.75. The second-order valence-electron chi connectivity index (χ2n) is 7.16. The van der Waals surface area contributed by atoms with Gasteiger partial charge < -0.3 is 9.84 Å². The van der Waals surface area contributed by atoms with Crippen molar-refractivity contribution in [1.82, 2.24) is 10.0 Å². The summed E-state index contributed by atoms with van der Waals surface area (Å²) in [5.41, 5.74) is 1.92. The number of hydrogen-bond acceptors (Lipinski definition) is 6. The molecule has 0 aromatic heterocycles. The van der Waals surface area contributed by atoms with Gasteiger partial charge in [-0.3, -0.25) is 14.9 Å². The summed E-state index contributed by atoms with van der Waals surface area (Å²) in [7, 11) is -2.54. The van der Waals surface area contributed by atoms with Crippen LogP contribution in [0.1, 0.15) is 24.0 Å². The van der Waals surface area contributed by atoms with Gasteiger partial charge in [0.2, 0.25) is 10.0 Å². The predicted molar refractivity (Wildman–Crippen MR) is 116 cm³/mol. The molecule has 0 spiro atoms. The number of carboxylic acids is 1. The van der Waals surface area contributed by atoms with Crippen molar-refractivity contribution < 1.29 is 27.9 Å². The second kappa shape index (κ2) is 11.6. The largest absolute Gasteiger partial charge is 0.480 e. The maximum Gasteiger partial charge on any atom is 0.322 e. The average Bonchev–Trinajstić information content (AvgIpc) is 2.75. The van der Waals surface area contributed by atoms with Crippen molar-refractivity contribution in [2.24, 2.45) is 0 Å². The van der Waals surface area contributed by atoms with Crippen LogP contribution in [0.5, 0.6) is 0 Å². The zero-order valence-corrected chi connectivity index (χ0v) is 18.4. The number of nitrogens with one attached hydrogen (secondary N) is 2. The van der Waals surface area contributed by atoms with Gasteiger partial charge in [-0.25, -0.2) is 13.1 Å². The van der Waals surface area contributed by atoms with Crippen LogP contribution in [0.15, 0.2) is 59.5 Å². The number of esters is 1. The Balaban J connectivity index is 1.98. The van der Waals surface area contributed by atoms with Crippen LogP contribution in [0.2, 0.25) is 0 Å². The van der Waals surface area contributed by atoms with Crippen LogP contribution >= 0.6 is 0 Å². The third-order valence-corrected chi connectivity index (χ3v) is 6.28. The Morgan fingerprint density at radius 2 is 1.65 bits per heavy atom. The molecule has 2 aromatic carbocycles. The van der Waals surface area contributed by atoms with Gasteiger partial charge in [0.15, 0.2) is 0 Å². The minimum Gasteiger partial charge on any atom is -0.480 e. The van der Waals surface area contributed by atoms with E-state index in [1.54, 1.807) is 12.1 Å². The van der Waals surface area contributed by atoms with Crippen molar-refractivity contribution in [3.8, 4) is 0 Å². The number of aliphatic carboxylic acids is 1. The zero-order valence-electron chi connectivity index (χ0n) is 17.6. The van der Waals surface area contributed by atoms with Crippen LogP contribution < -0.4 is 10.0 Å². The number of hydrogen-bond donors (Lipinski definition) is 3. The Morgan fingerprint density at radius 3 is 2.23 bits per heavy atom. The van der Waals surface area contributed by atoms with Crippen LogP contribution in [0.3, 0.4) is 0 Å². The number of methoxy groups -OCH3 is 1. The van der Waals surface area contributed by atoms with Crippen LogP contribution in [0.4, 0.5) is 0 Å². The molecule has 0 aliphatic rings. The molecule has 0 bridgehead atoms. The molecule has 0 unspecified atom stereocenters. The van der Waals surface area contributed by atoms with Gasteiger partial charge in [-0.15, -0.1) is 0 Å². The normalized spacial score (nSPS) is 13.4. The number of carbonyl (C=O) groups is 2. The van der Waals surface area contributed by atoms with Crippen LogP contribution in [-0.2, 0) is 30.8 Å². The molecule has 8 nitrogen and oxygen atoms in total. The molecule has 2 aromatic rings. The summed E-state index contributed by atoms with van der Waals surface area (Å²) in [6.07, 6.45) is 0.813. The summed E-state index contributed by atoms with van der Waals surface area (Å²) in [4.78, 5) is 24.0. The van der Waals surface area contributed by atoms with Crippen molar-refractivity contribution in [1.29, 1.82) is 0 Å². The average molecular weight is 449 g/mol. The van der Waals surface area contributed by atoms with Gasteiger partial charge in [0, 0.05) is 6.54 Å². The molecule has 31 heavy (non-hydrogen) atoms. The molecule has 0 aliphatic carbocycles. The number of sulfonamides is 1. The molecule has 168 valence electrons. The first-order valence-corrected chi connectivity index (χ1v) is 11.4. The highest BCUT2D eigenvalue weighted by Gasteiger charge is 2.27. The molecule has 0 radical (unpaired) electrons. The highest BCUT2D eigenvalue weighted by molar-refractivity contribution is 7.89. The standard InChI is InChI=1S/C22H28N2O6S/c1-16-8-11-18(12-9-16)31(28,29)23-15-14-20(22(27)30-2)24-19(21(25)26)13-10-17-6-4-3-5-7-17/h3-9,11-12,19-20,23-24H,10,13-15H2,1-2H3,(H,25,26)/t19-,20+/m0/s1. The topological polar surface area (TPSA) is 122 Å². The van der Waals surface area contributed by atoms with Crippen molar-refractivity contribution >= 4 is 22.0 Å². The maximum absolute atomic E-state index is 12.4. The van der Waals surface area contributed by atoms with Gasteiger partial charge in [-0.1, -0.05) is 48.0 Å². The van der Waals surface area contributed by atoms with Gasteiger partial charge in [-0.05, 0) is 43.9 Å². The fourth-order valence-electron chi connectivity index (χ4n) is 3.03. The minimum atomic E-state index is -3.74. The zero-order chi connectivity index (χ0) is 22.9. The van der Waals surface area contributed by atoms with E-state index in [0.717, 1.165) is 11.1 Å². The molecule has 0 heterocycles. The first-order chi connectivity index (χ1) is 14.7. The Bertz CT molecular complexity index is 961. The van der Waals surface area contributed by atoms with E-state index in [9.17, 15) is 23.1 Å². The number of carbonyl (C=O) groups excluding carboxylic acids is 1. The third kappa shape index (κ3) is 7.78. The Labute approximate surface area is 182 Å². The number of carboxylic acid groups (broad SMARTS) is 1. The second-order valence-corrected chi connectivity index (χ2v) is 8.92. The Morgan fingerprint density at radius 1 is 1.00 bits per heavy atom. The predicted octanol–water partition coefficient (Wildman–Crippen LogP) is 1.88. The lowest BCUT2D eigenvalue weighted by Gasteiger charge is -2.22. The third-order valence-electron chi connectivity index (χ3n) is 4.81. The fourth-order valence-corrected chi connectivity index (χ4v) is 4.07. The van der Waals surface area contributed by atoms with E-state index in [4.69, 9.17) is 4.74 Å². The lowest BCUT2D eigenvalue weighted by Crippen LogP contribution is -2.49. The lowest BCUT2D eigenvalue weighted by atomic mass is 10.0. The molecule has 0 saturated carbocycles. The highest BCUT2D eigenvalue weighted by Crippen LogP contribution is 2.11. The summed E-state index contributed by atoms with van der Waals surface area (Å²) in [5.74, 6) is -1.74. The molecule has 0 fully saturated rings. The van der Waals surface area contributed by atoms with E-state index in [-0.39, 0.29) is 24.3 Å². The van der Waals surface area contributed by atoms with Crippen LogP contribution in [0, 0.1) is 6.92 Å². The molecule has 3 N–H and O–H groups in total. The molecular weight excluding hydrogens is 420 g/mol. The number of aryl methyl sites for hydroxylation is 2. The van der Waals surface area contributed by atoms with Gasteiger partial charge in [0.25, 0.3) is 0 Å². The van der Waals surface area contributed by atoms with E-state index in [2.05, 4.69) is 10.0 Å². The monoisotopic (exact) mass is 448 g/mol. The number of ether oxygens (including phenoxy) is 1. The highest BCUT2D eigenvalue weighted by atomic mass is 32.2. The summed E-state index contributed by atoms with van der Waals surface area (Å²) < 4.78 is 32.0. The van der Waals surface area contributed by atoms with Crippen molar-refractivity contribution in [3.63, 3.8) is 0 Å². The Kier molecular flexibility index (Phi) is 9.17. The van der Waals surface area contributed by atoms with Gasteiger partial charge in [0.1, 0.15) is 12.1 Å². The minimum absolute atomic E-state index is 0.0346. The fraction of sp³-hybridized carbons (Fsp3) is 0.364. The summed E-state index contributed by atoms with van der Waals surface area (Å²) in [6.45, 7) is 1.79. The van der Waals surface area contributed by atoms with E-state index >= 15 is 0 Å². The molecule has 0 aliphatic heterocycles. The van der Waals surface area contributed by atoms with Crippen molar-refractivity contribution in [2.45, 2.75) is 43.2 Å². The van der Waals surface area contributed by atoms with E-state index in [1.807, 2.05) is 37.3 Å².